The van der Waals surface area contributed by atoms with Gasteiger partial charge in [0.05, 0.1) is 11.0 Å². The molecule has 1 N–H and O–H groups in total. The second-order valence-electron chi connectivity index (χ2n) is 4.45. The molecule has 0 saturated carbocycles. The number of hydrogen-bond donors (Lipinski definition) is 1. The Hall–Kier alpha value is -2.55. The average Bonchev–Trinajstić information content (AvgIpc) is 2.74. The molecular weight excluding hydrogens is 236 g/mol. The van der Waals surface area contributed by atoms with Crippen molar-refractivity contribution < 1.29 is 5.11 Å². The molecule has 0 unspecified atom stereocenters. The van der Waals surface area contributed by atoms with Crippen molar-refractivity contribution in [3.8, 4) is 5.75 Å². The van der Waals surface area contributed by atoms with E-state index in [9.17, 15) is 5.11 Å². The van der Waals surface area contributed by atoms with E-state index in [0.717, 1.165) is 22.4 Å². The van der Waals surface area contributed by atoms with Crippen molar-refractivity contribution in [2.75, 3.05) is 0 Å². The lowest BCUT2D eigenvalue weighted by atomic mass is 10.2. The molecule has 3 heteroatoms. The van der Waals surface area contributed by atoms with E-state index in [1.165, 1.54) is 0 Å². The number of aromatic hydroxyl groups is 1. The van der Waals surface area contributed by atoms with Gasteiger partial charge in [0.2, 0.25) is 0 Å². The minimum Gasteiger partial charge on any atom is -0.508 e. The molecule has 2 aromatic carbocycles. The lowest BCUT2D eigenvalue weighted by Gasteiger charge is -1.97. The van der Waals surface area contributed by atoms with Gasteiger partial charge < -0.3 is 9.67 Å². The van der Waals surface area contributed by atoms with Gasteiger partial charge in [0.25, 0.3) is 0 Å². The van der Waals surface area contributed by atoms with Crippen LogP contribution in [0.2, 0.25) is 0 Å². The topological polar surface area (TPSA) is 38.0 Å². The molecule has 0 bridgehead atoms. The maximum absolute atomic E-state index is 9.42. The molecule has 0 amide bonds. The van der Waals surface area contributed by atoms with Crippen LogP contribution in [0.25, 0.3) is 23.2 Å². The number of imidazole rings is 1. The van der Waals surface area contributed by atoms with Crippen LogP contribution < -0.4 is 0 Å². The fourth-order valence-electron chi connectivity index (χ4n) is 2.11. The van der Waals surface area contributed by atoms with Crippen LogP contribution in [-0.4, -0.2) is 14.7 Å². The van der Waals surface area contributed by atoms with Crippen LogP contribution in [0.3, 0.4) is 0 Å². The quantitative estimate of drug-likeness (QED) is 0.756. The third-order valence-corrected chi connectivity index (χ3v) is 3.12. The molecule has 0 fully saturated rings. The van der Waals surface area contributed by atoms with Crippen LogP contribution >= 0.6 is 0 Å². The molecule has 19 heavy (non-hydrogen) atoms. The number of fused-ring (bicyclic) bond motifs is 1. The third-order valence-electron chi connectivity index (χ3n) is 3.12. The highest BCUT2D eigenvalue weighted by Gasteiger charge is 2.03. The molecule has 1 aromatic heterocycles. The van der Waals surface area contributed by atoms with E-state index in [0.29, 0.717) is 0 Å². The summed E-state index contributed by atoms with van der Waals surface area (Å²) >= 11 is 0. The van der Waals surface area contributed by atoms with Gasteiger partial charge in [-0.25, -0.2) is 4.98 Å². The Balaban J connectivity index is 1.99. The SMILES string of the molecule is Cn1c(/C=C/c2cccc(O)c2)nc2ccccc21. The van der Waals surface area contributed by atoms with Crippen molar-refractivity contribution in [1.29, 1.82) is 0 Å². The number of aryl methyl sites for hydroxylation is 1. The van der Waals surface area contributed by atoms with Crippen molar-refractivity contribution in [3.63, 3.8) is 0 Å². The zero-order chi connectivity index (χ0) is 13.2. The van der Waals surface area contributed by atoms with Gasteiger partial charge >= 0.3 is 0 Å². The normalized spacial score (nSPS) is 11.4. The zero-order valence-electron chi connectivity index (χ0n) is 10.6. The number of aromatic nitrogens is 2. The van der Waals surface area contributed by atoms with Gasteiger partial charge in [0, 0.05) is 7.05 Å². The average molecular weight is 250 g/mol. The molecule has 0 aliphatic rings. The Morgan fingerprint density at radius 3 is 2.68 bits per heavy atom. The van der Waals surface area contributed by atoms with Crippen molar-refractivity contribution in [2.45, 2.75) is 0 Å². The van der Waals surface area contributed by atoms with Gasteiger partial charge in [-0.1, -0.05) is 30.3 Å². The molecule has 3 aromatic rings. The summed E-state index contributed by atoms with van der Waals surface area (Å²) < 4.78 is 2.05. The molecule has 1 heterocycles. The van der Waals surface area contributed by atoms with Gasteiger partial charge in [-0.2, -0.15) is 0 Å². The maximum Gasteiger partial charge on any atom is 0.133 e. The summed E-state index contributed by atoms with van der Waals surface area (Å²) in [6.45, 7) is 0. The molecule has 0 atom stereocenters. The number of hydrogen-bond acceptors (Lipinski definition) is 2. The number of phenols is 1. The lowest BCUT2D eigenvalue weighted by Crippen LogP contribution is -1.90. The summed E-state index contributed by atoms with van der Waals surface area (Å²) in [4.78, 5) is 4.56. The second-order valence-corrected chi connectivity index (χ2v) is 4.45. The molecule has 3 rings (SSSR count). The van der Waals surface area contributed by atoms with Gasteiger partial charge in [-0.15, -0.1) is 0 Å². The Bertz CT molecular complexity index is 756. The minimum absolute atomic E-state index is 0.271. The molecule has 0 spiro atoms. The van der Waals surface area contributed by atoms with Crippen LogP contribution in [0, 0.1) is 0 Å². The Labute approximate surface area is 111 Å². The third kappa shape index (κ3) is 2.22. The number of nitrogens with zero attached hydrogens (tertiary/aromatic N) is 2. The molecule has 0 aliphatic carbocycles. The zero-order valence-corrected chi connectivity index (χ0v) is 10.6. The maximum atomic E-state index is 9.42. The minimum atomic E-state index is 0.271. The molecule has 0 aliphatic heterocycles. The number of rotatable bonds is 2. The molecule has 3 nitrogen and oxygen atoms in total. The highest BCUT2D eigenvalue weighted by Crippen LogP contribution is 2.17. The van der Waals surface area contributed by atoms with E-state index in [2.05, 4.69) is 9.55 Å². The van der Waals surface area contributed by atoms with Gasteiger partial charge in [0.15, 0.2) is 0 Å². The largest absolute Gasteiger partial charge is 0.508 e. The first-order valence-corrected chi connectivity index (χ1v) is 6.12. The monoisotopic (exact) mass is 250 g/mol. The molecular formula is C16H14N2O. The van der Waals surface area contributed by atoms with E-state index in [-0.39, 0.29) is 5.75 Å². The predicted molar refractivity (Wildman–Crippen MR) is 77.7 cm³/mol. The number of phenolic OH excluding ortho intramolecular Hbond substituents is 1. The highest BCUT2D eigenvalue weighted by molar-refractivity contribution is 5.79. The van der Waals surface area contributed by atoms with Gasteiger partial charge in [-0.3, -0.25) is 0 Å². The van der Waals surface area contributed by atoms with Crippen LogP contribution in [0.4, 0.5) is 0 Å². The fourth-order valence-corrected chi connectivity index (χ4v) is 2.11. The van der Waals surface area contributed by atoms with E-state index >= 15 is 0 Å². The van der Waals surface area contributed by atoms with Crippen molar-refractivity contribution in [2.24, 2.45) is 7.05 Å². The first-order chi connectivity index (χ1) is 9.24. The van der Waals surface area contributed by atoms with Crippen LogP contribution in [0.1, 0.15) is 11.4 Å². The fraction of sp³-hybridized carbons (Fsp3) is 0.0625. The second kappa shape index (κ2) is 4.61. The Kier molecular flexibility index (Phi) is 2.80. The molecule has 0 radical (unpaired) electrons. The van der Waals surface area contributed by atoms with Crippen molar-refractivity contribution >= 4 is 23.2 Å². The van der Waals surface area contributed by atoms with E-state index in [4.69, 9.17) is 0 Å². The summed E-state index contributed by atoms with van der Waals surface area (Å²) in [5.41, 5.74) is 3.05. The Morgan fingerprint density at radius 2 is 1.89 bits per heavy atom. The summed E-state index contributed by atoms with van der Waals surface area (Å²) in [5.74, 6) is 1.16. The van der Waals surface area contributed by atoms with Crippen molar-refractivity contribution in [3.05, 3.63) is 59.9 Å². The van der Waals surface area contributed by atoms with Gasteiger partial charge in [-0.05, 0) is 35.9 Å². The summed E-state index contributed by atoms with van der Waals surface area (Å²) in [5, 5.41) is 9.42. The van der Waals surface area contributed by atoms with Crippen molar-refractivity contribution in [1.82, 2.24) is 9.55 Å². The Morgan fingerprint density at radius 1 is 1.05 bits per heavy atom. The van der Waals surface area contributed by atoms with Crippen LogP contribution in [-0.2, 0) is 7.05 Å². The summed E-state index contributed by atoms with van der Waals surface area (Å²) in [7, 11) is 2.00. The first kappa shape index (κ1) is 11.5. The lowest BCUT2D eigenvalue weighted by molar-refractivity contribution is 0.475. The molecule has 0 saturated heterocycles. The predicted octanol–water partition coefficient (Wildman–Crippen LogP) is 3.45. The summed E-state index contributed by atoms with van der Waals surface area (Å²) in [6, 6.07) is 15.2. The van der Waals surface area contributed by atoms with E-state index < -0.39 is 0 Å². The van der Waals surface area contributed by atoms with E-state index in [1.54, 1.807) is 12.1 Å². The summed E-state index contributed by atoms with van der Waals surface area (Å²) in [6.07, 6.45) is 3.90. The van der Waals surface area contributed by atoms with Gasteiger partial charge in [0.1, 0.15) is 11.6 Å². The first-order valence-electron chi connectivity index (χ1n) is 6.12. The van der Waals surface area contributed by atoms with Crippen LogP contribution in [0.5, 0.6) is 5.75 Å². The smallest absolute Gasteiger partial charge is 0.133 e. The standard InChI is InChI=1S/C16H14N2O/c1-18-15-8-3-2-7-14(15)17-16(18)10-9-12-5-4-6-13(19)11-12/h2-11,19H,1H3/b10-9+. The van der Waals surface area contributed by atoms with E-state index in [1.807, 2.05) is 55.6 Å². The molecule has 94 valence electrons. The highest BCUT2D eigenvalue weighted by atomic mass is 16.3. The number of benzene rings is 2. The number of para-hydroxylation sites is 2. The van der Waals surface area contributed by atoms with Crippen LogP contribution in [0.15, 0.2) is 48.5 Å².